The van der Waals surface area contributed by atoms with Crippen LogP contribution in [0.15, 0.2) is 35.5 Å². The van der Waals surface area contributed by atoms with Gasteiger partial charge in [-0.25, -0.2) is 9.18 Å². The lowest BCUT2D eigenvalue weighted by Crippen LogP contribution is -2.16. The normalized spacial score (nSPS) is 11.8. The van der Waals surface area contributed by atoms with Crippen LogP contribution in [0.3, 0.4) is 0 Å². The summed E-state index contributed by atoms with van der Waals surface area (Å²) >= 11 is 2.54. The van der Waals surface area contributed by atoms with Crippen LogP contribution in [-0.2, 0) is 16.1 Å². The Morgan fingerprint density at radius 3 is 2.66 bits per heavy atom. The molecule has 2 heterocycles. The number of halogens is 1. The number of hydrogen-bond acceptors (Lipinski definition) is 8. The summed E-state index contributed by atoms with van der Waals surface area (Å²) in [5.41, 5.74) is 0.333. The van der Waals surface area contributed by atoms with E-state index in [2.05, 4.69) is 15.5 Å². The molecule has 8 nitrogen and oxygen atoms in total. The molecule has 2 aromatic heterocycles. The van der Waals surface area contributed by atoms with Gasteiger partial charge < -0.3 is 19.4 Å². The van der Waals surface area contributed by atoms with Crippen molar-refractivity contribution in [3.8, 4) is 5.75 Å². The van der Waals surface area contributed by atoms with Gasteiger partial charge in [-0.15, -0.1) is 21.5 Å². The molecular weight excluding hydrogens is 455 g/mol. The Kier molecular flexibility index (Phi) is 7.86. The van der Waals surface area contributed by atoms with Crippen molar-refractivity contribution in [3.63, 3.8) is 0 Å². The Morgan fingerprint density at radius 1 is 1.28 bits per heavy atom. The van der Waals surface area contributed by atoms with Gasteiger partial charge in [-0.3, -0.25) is 4.79 Å². The molecule has 0 fully saturated rings. The van der Waals surface area contributed by atoms with E-state index in [1.165, 1.54) is 42.3 Å². The Hall–Kier alpha value is -2.92. The highest BCUT2D eigenvalue weighted by Crippen LogP contribution is 2.29. The number of rotatable bonds is 9. The molecule has 3 aromatic rings. The van der Waals surface area contributed by atoms with Crippen LogP contribution in [0.2, 0.25) is 0 Å². The van der Waals surface area contributed by atoms with Crippen molar-refractivity contribution >= 4 is 40.0 Å². The average Bonchev–Trinajstić information content (AvgIpc) is 3.36. The van der Waals surface area contributed by atoms with E-state index in [1.807, 2.05) is 25.3 Å². The molecule has 0 saturated carbocycles. The average molecular weight is 479 g/mol. The second kappa shape index (κ2) is 10.6. The van der Waals surface area contributed by atoms with E-state index in [1.54, 1.807) is 18.2 Å². The lowest BCUT2D eigenvalue weighted by molar-refractivity contribution is -0.113. The zero-order valence-electron chi connectivity index (χ0n) is 18.0. The van der Waals surface area contributed by atoms with Crippen LogP contribution in [0, 0.1) is 12.7 Å². The van der Waals surface area contributed by atoms with E-state index in [-0.39, 0.29) is 17.5 Å². The number of nitrogens with one attached hydrogen (secondary N) is 1. The fourth-order valence-corrected chi connectivity index (χ4v) is 4.66. The number of ether oxygens (including phenoxy) is 2. The fraction of sp³-hybridized carbons (Fsp3) is 0.333. The molecule has 0 aliphatic rings. The van der Waals surface area contributed by atoms with Gasteiger partial charge in [0.2, 0.25) is 5.91 Å². The highest BCUT2D eigenvalue weighted by Gasteiger charge is 2.21. The summed E-state index contributed by atoms with van der Waals surface area (Å²) in [6, 6.07) is 7.43. The van der Waals surface area contributed by atoms with Crippen molar-refractivity contribution in [2.75, 3.05) is 18.2 Å². The summed E-state index contributed by atoms with van der Waals surface area (Å²) in [6.45, 7) is 6.20. The number of anilines is 1. The molecule has 0 aliphatic carbocycles. The van der Waals surface area contributed by atoms with E-state index in [0.29, 0.717) is 33.8 Å². The van der Waals surface area contributed by atoms with Crippen molar-refractivity contribution in [2.45, 2.75) is 38.6 Å². The third-order valence-electron chi connectivity index (χ3n) is 4.40. The molecule has 0 aliphatic heterocycles. The molecule has 1 unspecified atom stereocenters. The summed E-state index contributed by atoms with van der Waals surface area (Å²) < 4.78 is 25.6. The summed E-state index contributed by atoms with van der Waals surface area (Å²) in [7, 11) is 1.30. The number of aromatic nitrogens is 3. The Balaban J connectivity index is 1.64. The first-order valence-corrected chi connectivity index (χ1v) is 11.6. The smallest absolute Gasteiger partial charge is 0.340 e. The molecular formula is C21H23FN4O4S2. The van der Waals surface area contributed by atoms with Gasteiger partial charge >= 0.3 is 5.97 Å². The van der Waals surface area contributed by atoms with Crippen LogP contribution < -0.4 is 10.1 Å². The largest absolute Gasteiger partial charge is 0.483 e. The second-order valence-electron chi connectivity index (χ2n) is 6.73. The maximum absolute atomic E-state index is 13.1. The second-order valence-corrected chi connectivity index (χ2v) is 8.93. The van der Waals surface area contributed by atoms with E-state index in [4.69, 9.17) is 9.47 Å². The van der Waals surface area contributed by atoms with Crippen molar-refractivity contribution < 1.29 is 23.5 Å². The third-order valence-corrected chi connectivity index (χ3v) is 6.33. The number of carbonyl (C=O) groups excluding carboxylic acids is 2. The number of esters is 1. The lowest BCUT2D eigenvalue weighted by Gasteiger charge is -2.15. The minimum Gasteiger partial charge on any atom is -0.483 e. The fourth-order valence-electron chi connectivity index (χ4n) is 2.94. The number of thioether (sulfide) groups is 1. The molecule has 1 amide bonds. The molecule has 3 rings (SSSR count). The van der Waals surface area contributed by atoms with Crippen molar-refractivity contribution in [3.05, 3.63) is 52.4 Å². The van der Waals surface area contributed by atoms with Crippen molar-refractivity contribution in [2.24, 2.45) is 0 Å². The van der Waals surface area contributed by atoms with Gasteiger partial charge in [-0.2, -0.15) is 0 Å². The Bertz CT molecular complexity index is 1100. The number of nitrogens with zero attached hydrogens (tertiary/aromatic N) is 3. The molecule has 0 spiro atoms. The van der Waals surface area contributed by atoms with Crippen LogP contribution in [0.25, 0.3) is 0 Å². The summed E-state index contributed by atoms with van der Waals surface area (Å²) in [5.74, 6) is 0.0956. The predicted octanol–water partition coefficient (Wildman–Crippen LogP) is 4.46. The van der Waals surface area contributed by atoms with Gasteiger partial charge in [0.05, 0.1) is 18.4 Å². The SMILES string of the molecule is CCn1c(SCC(=O)Nc2sc(C)cc2C(=O)OC)nnc1C(C)Oc1ccc(F)cc1. The molecule has 32 heavy (non-hydrogen) atoms. The zero-order chi connectivity index (χ0) is 23.3. The maximum Gasteiger partial charge on any atom is 0.340 e. The van der Waals surface area contributed by atoms with Gasteiger partial charge in [0.15, 0.2) is 17.1 Å². The van der Waals surface area contributed by atoms with E-state index < -0.39 is 12.1 Å². The molecule has 0 saturated heterocycles. The number of benzene rings is 1. The monoisotopic (exact) mass is 478 g/mol. The maximum atomic E-state index is 13.1. The van der Waals surface area contributed by atoms with Crippen LogP contribution in [0.1, 0.15) is 41.0 Å². The van der Waals surface area contributed by atoms with Gasteiger partial charge in [-0.1, -0.05) is 11.8 Å². The first kappa shape index (κ1) is 23.7. The van der Waals surface area contributed by atoms with Crippen LogP contribution in [0.5, 0.6) is 5.75 Å². The first-order chi connectivity index (χ1) is 15.3. The van der Waals surface area contributed by atoms with Crippen LogP contribution in [0.4, 0.5) is 9.39 Å². The number of methoxy groups -OCH3 is 1. The topological polar surface area (TPSA) is 95.3 Å². The first-order valence-electron chi connectivity index (χ1n) is 9.79. The minimum absolute atomic E-state index is 0.0862. The molecule has 11 heteroatoms. The van der Waals surface area contributed by atoms with Gasteiger partial charge in [0.25, 0.3) is 0 Å². The summed E-state index contributed by atoms with van der Waals surface area (Å²) in [5, 5.41) is 12.2. The van der Waals surface area contributed by atoms with Gasteiger partial charge in [0.1, 0.15) is 16.6 Å². The number of aryl methyl sites for hydroxylation is 1. The molecule has 170 valence electrons. The van der Waals surface area contributed by atoms with E-state index in [9.17, 15) is 14.0 Å². The number of amides is 1. The summed E-state index contributed by atoms with van der Waals surface area (Å²) in [4.78, 5) is 25.2. The highest BCUT2D eigenvalue weighted by molar-refractivity contribution is 7.99. The standard InChI is InChI=1S/C21H23FN4O4S2/c1-5-26-18(13(3)30-15-8-6-14(22)7-9-15)24-25-21(26)31-11-17(27)23-19-16(20(28)29-4)10-12(2)32-19/h6-10,13H,5,11H2,1-4H3,(H,23,27). The molecule has 1 N–H and O–H groups in total. The van der Waals surface area contributed by atoms with Crippen molar-refractivity contribution in [1.82, 2.24) is 14.8 Å². The Labute approximate surface area is 193 Å². The van der Waals surface area contributed by atoms with Gasteiger partial charge in [-0.05, 0) is 51.1 Å². The number of hydrogen-bond donors (Lipinski definition) is 1. The summed E-state index contributed by atoms with van der Waals surface area (Å²) in [6.07, 6.45) is -0.423. The predicted molar refractivity (Wildman–Crippen MR) is 121 cm³/mol. The van der Waals surface area contributed by atoms with Crippen LogP contribution >= 0.6 is 23.1 Å². The van der Waals surface area contributed by atoms with Crippen LogP contribution in [-0.4, -0.2) is 39.5 Å². The zero-order valence-corrected chi connectivity index (χ0v) is 19.7. The van der Waals surface area contributed by atoms with E-state index in [0.717, 1.165) is 4.88 Å². The van der Waals surface area contributed by atoms with E-state index >= 15 is 0 Å². The quantitative estimate of drug-likeness (QED) is 0.358. The Morgan fingerprint density at radius 2 is 2.00 bits per heavy atom. The number of carbonyl (C=O) groups is 2. The number of thiophene rings is 1. The molecule has 1 aromatic carbocycles. The minimum atomic E-state index is -0.497. The molecule has 1 atom stereocenters. The lowest BCUT2D eigenvalue weighted by atomic mass is 10.3. The third kappa shape index (κ3) is 5.65. The molecule has 0 radical (unpaired) electrons. The molecule has 0 bridgehead atoms. The van der Waals surface area contributed by atoms with Crippen molar-refractivity contribution in [1.29, 1.82) is 0 Å². The highest BCUT2D eigenvalue weighted by atomic mass is 32.2. The van der Waals surface area contributed by atoms with Gasteiger partial charge in [0, 0.05) is 11.4 Å².